The Morgan fingerprint density at radius 3 is 2.35 bits per heavy atom. The number of nitrogens with one attached hydrogen (secondary N) is 1. The Bertz CT molecular complexity index is 1040. The topological polar surface area (TPSA) is 83.5 Å². The summed E-state index contributed by atoms with van der Waals surface area (Å²) < 4.78 is 28.4. The van der Waals surface area contributed by atoms with Crippen LogP contribution < -0.4 is 4.72 Å². The summed E-state index contributed by atoms with van der Waals surface area (Å²) in [5.41, 5.74) is 0.528. The minimum Gasteiger partial charge on any atom is -0.481 e. The first kappa shape index (κ1) is 18.4. The first-order valence-electron chi connectivity index (χ1n) is 7.84. The summed E-state index contributed by atoms with van der Waals surface area (Å²) >= 11 is 5.86. The Labute approximate surface area is 156 Å². The molecule has 0 aliphatic rings. The highest BCUT2D eigenvalue weighted by Gasteiger charge is 2.25. The SMILES string of the molecule is O=C(O)CC(NS(=O)(=O)c1cccc2ccccc12)c1ccc(Cl)cc1. The third-order valence-electron chi connectivity index (χ3n) is 3.99. The average Bonchev–Trinajstić information content (AvgIpc) is 2.60. The molecule has 0 aromatic heterocycles. The molecule has 0 heterocycles. The van der Waals surface area contributed by atoms with Gasteiger partial charge >= 0.3 is 5.97 Å². The van der Waals surface area contributed by atoms with Crippen molar-refractivity contribution in [3.8, 4) is 0 Å². The molecule has 26 heavy (non-hydrogen) atoms. The molecule has 0 saturated carbocycles. The fourth-order valence-corrected chi connectivity index (χ4v) is 4.36. The van der Waals surface area contributed by atoms with Gasteiger partial charge in [0.05, 0.1) is 17.4 Å². The molecule has 2 N–H and O–H groups in total. The molecule has 7 heteroatoms. The molecule has 0 saturated heterocycles. The lowest BCUT2D eigenvalue weighted by atomic mass is 10.1. The molecule has 3 aromatic carbocycles. The van der Waals surface area contributed by atoms with Gasteiger partial charge in [0, 0.05) is 10.4 Å². The number of rotatable bonds is 6. The van der Waals surface area contributed by atoms with Crippen LogP contribution in [0.4, 0.5) is 0 Å². The van der Waals surface area contributed by atoms with E-state index in [0.717, 1.165) is 5.39 Å². The fraction of sp³-hybridized carbons (Fsp3) is 0.105. The summed E-state index contributed by atoms with van der Waals surface area (Å²) in [6, 6.07) is 17.6. The van der Waals surface area contributed by atoms with Crippen molar-refractivity contribution in [2.75, 3.05) is 0 Å². The van der Waals surface area contributed by atoms with Crippen LogP contribution >= 0.6 is 11.6 Å². The number of carboxylic acids is 1. The molecule has 5 nitrogen and oxygen atoms in total. The van der Waals surface area contributed by atoms with E-state index in [1.165, 1.54) is 6.07 Å². The molecule has 0 aliphatic carbocycles. The van der Waals surface area contributed by atoms with Crippen LogP contribution in [0.3, 0.4) is 0 Å². The van der Waals surface area contributed by atoms with Crippen LogP contribution in [0, 0.1) is 0 Å². The summed E-state index contributed by atoms with van der Waals surface area (Å²) in [6.07, 6.45) is -0.383. The molecule has 0 amide bonds. The second kappa shape index (κ2) is 7.45. The third kappa shape index (κ3) is 4.04. The normalized spacial score (nSPS) is 12.8. The van der Waals surface area contributed by atoms with E-state index in [1.807, 2.05) is 18.2 Å². The van der Waals surface area contributed by atoms with Gasteiger partial charge in [-0.2, -0.15) is 0 Å². The van der Waals surface area contributed by atoms with E-state index in [-0.39, 0.29) is 11.3 Å². The lowest BCUT2D eigenvalue weighted by Gasteiger charge is -2.18. The van der Waals surface area contributed by atoms with Crippen molar-refractivity contribution in [2.45, 2.75) is 17.4 Å². The second-order valence-electron chi connectivity index (χ2n) is 5.80. The van der Waals surface area contributed by atoms with Crippen molar-refractivity contribution in [3.63, 3.8) is 0 Å². The maximum atomic E-state index is 12.9. The van der Waals surface area contributed by atoms with Gasteiger partial charge in [0.2, 0.25) is 10.0 Å². The maximum Gasteiger partial charge on any atom is 0.305 e. The number of sulfonamides is 1. The predicted molar refractivity (Wildman–Crippen MR) is 101 cm³/mol. The smallest absolute Gasteiger partial charge is 0.305 e. The summed E-state index contributed by atoms with van der Waals surface area (Å²) in [6.45, 7) is 0. The fourth-order valence-electron chi connectivity index (χ4n) is 2.78. The van der Waals surface area contributed by atoms with Crippen molar-refractivity contribution >= 4 is 38.4 Å². The Kier molecular flexibility index (Phi) is 5.27. The molecule has 0 spiro atoms. The van der Waals surface area contributed by atoms with E-state index in [1.54, 1.807) is 42.5 Å². The van der Waals surface area contributed by atoms with Gasteiger partial charge in [-0.1, -0.05) is 60.1 Å². The van der Waals surface area contributed by atoms with Crippen LogP contribution in [0.1, 0.15) is 18.0 Å². The summed E-state index contributed by atoms with van der Waals surface area (Å²) in [4.78, 5) is 11.3. The highest BCUT2D eigenvalue weighted by molar-refractivity contribution is 7.89. The van der Waals surface area contributed by atoms with Crippen molar-refractivity contribution in [2.24, 2.45) is 0 Å². The van der Waals surface area contributed by atoms with Crippen LogP contribution in [0.15, 0.2) is 71.6 Å². The number of hydrogen-bond acceptors (Lipinski definition) is 3. The monoisotopic (exact) mass is 389 g/mol. The van der Waals surface area contributed by atoms with Crippen molar-refractivity contribution in [3.05, 3.63) is 77.3 Å². The number of hydrogen-bond donors (Lipinski definition) is 2. The quantitative estimate of drug-likeness (QED) is 0.667. The van der Waals surface area contributed by atoms with E-state index in [0.29, 0.717) is 16.0 Å². The van der Waals surface area contributed by atoms with Gasteiger partial charge in [-0.25, -0.2) is 13.1 Å². The number of halogens is 1. The Balaban J connectivity index is 2.01. The van der Waals surface area contributed by atoms with Crippen LogP contribution in [-0.4, -0.2) is 19.5 Å². The number of benzene rings is 3. The molecule has 0 bridgehead atoms. The molecular formula is C19H16ClNO4S. The van der Waals surface area contributed by atoms with Gasteiger partial charge in [-0.05, 0) is 29.1 Å². The maximum absolute atomic E-state index is 12.9. The van der Waals surface area contributed by atoms with E-state index in [4.69, 9.17) is 11.6 Å². The zero-order chi connectivity index (χ0) is 18.7. The molecule has 134 valence electrons. The minimum absolute atomic E-state index is 0.111. The molecule has 1 unspecified atom stereocenters. The molecule has 0 aliphatic heterocycles. The molecule has 1 atom stereocenters. The average molecular weight is 390 g/mol. The number of carboxylic acid groups (broad SMARTS) is 1. The van der Waals surface area contributed by atoms with Crippen LogP contribution in [0.5, 0.6) is 0 Å². The zero-order valence-corrected chi connectivity index (χ0v) is 15.2. The second-order valence-corrected chi connectivity index (χ2v) is 7.92. The third-order valence-corrected chi connectivity index (χ3v) is 5.77. The van der Waals surface area contributed by atoms with Gasteiger partial charge in [0.15, 0.2) is 0 Å². The first-order valence-corrected chi connectivity index (χ1v) is 9.70. The number of fused-ring (bicyclic) bond motifs is 1. The van der Waals surface area contributed by atoms with Gasteiger partial charge in [-0.15, -0.1) is 0 Å². The van der Waals surface area contributed by atoms with Gasteiger partial charge in [-0.3, -0.25) is 4.79 Å². The summed E-state index contributed by atoms with van der Waals surface area (Å²) in [5, 5.41) is 11.0. The molecule has 3 aromatic rings. The van der Waals surface area contributed by atoms with Gasteiger partial charge in [0.25, 0.3) is 0 Å². The van der Waals surface area contributed by atoms with E-state index in [9.17, 15) is 18.3 Å². The zero-order valence-electron chi connectivity index (χ0n) is 13.6. The summed E-state index contributed by atoms with van der Waals surface area (Å²) in [7, 11) is -3.94. The Morgan fingerprint density at radius 2 is 1.65 bits per heavy atom. The largest absolute Gasteiger partial charge is 0.481 e. The van der Waals surface area contributed by atoms with Crippen LogP contribution in [0.25, 0.3) is 10.8 Å². The molecule has 0 radical (unpaired) electrons. The van der Waals surface area contributed by atoms with E-state index in [2.05, 4.69) is 4.72 Å². The van der Waals surface area contributed by atoms with Crippen molar-refractivity contribution < 1.29 is 18.3 Å². The van der Waals surface area contributed by atoms with Gasteiger partial charge < -0.3 is 5.11 Å². The minimum atomic E-state index is -3.94. The summed E-state index contributed by atoms with van der Waals surface area (Å²) in [5.74, 6) is -1.11. The highest BCUT2D eigenvalue weighted by atomic mass is 35.5. The van der Waals surface area contributed by atoms with Crippen LogP contribution in [0.2, 0.25) is 5.02 Å². The van der Waals surface area contributed by atoms with Crippen molar-refractivity contribution in [1.82, 2.24) is 4.72 Å². The van der Waals surface area contributed by atoms with Gasteiger partial charge in [0.1, 0.15) is 0 Å². The molecule has 0 fully saturated rings. The lowest BCUT2D eigenvalue weighted by Crippen LogP contribution is -2.30. The predicted octanol–water partition coefficient (Wildman–Crippen LogP) is 3.99. The highest BCUT2D eigenvalue weighted by Crippen LogP contribution is 2.26. The van der Waals surface area contributed by atoms with Crippen LogP contribution in [-0.2, 0) is 14.8 Å². The number of carbonyl (C=O) groups is 1. The Morgan fingerprint density at radius 1 is 1.00 bits per heavy atom. The molecular weight excluding hydrogens is 374 g/mol. The standard InChI is InChI=1S/C19H16ClNO4S/c20-15-10-8-14(9-11-15)17(12-19(22)23)21-26(24,25)18-7-3-5-13-4-1-2-6-16(13)18/h1-11,17,21H,12H2,(H,22,23). The van der Waals surface area contributed by atoms with E-state index < -0.39 is 22.0 Å². The molecule has 3 rings (SSSR count). The number of aliphatic carboxylic acids is 1. The first-order chi connectivity index (χ1) is 12.4. The van der Waals surface area contributed by atoms with E-state index >= 15 is 0 Å². The Hall–Kier alpha value is -2.41. The lowest BCUT2D eigenvalue weighted by molar-refractivity contribution is -0.137. The van der Waals surface area contributed by atoms with Crippen molar-refractivity contribution in [1.29, 1.82) is 0 Å².